The van der Waals surface area contributed by atoms with Crippen molar-refractivity contribution in [3.8, 4) is 5.75 Å². The number of carbonyl (C=O) groups excluding carboxylic acids is 1. The van der Waals surface area contributed by atoms with Crippen molar-refractivity contribution in [2.45, 2.75) is 50.1 Å². The second-order valence-corrected chi connectivity index (χ2v) is 8.88. The zero-order valence-corrected chi connectivity index (χ0v) is 19.0. The Labute approximate surface area is 186 Å². The van der Waals surface area contributed by atoms with Gasteiger partial charge in [-0.3, -0.25) is 4.79 Å². The minimum Gasteiger partial charge on any atom is -0.497 e. The molecule has 7 nitrogen and oxygen atoms in total. The number of hydrogen-bond donors (Lipinski definition) is 2. The Balaban J connectivity index is 1.66. The molecule has 0 fully saturated rings. The molecule has 0 radical (unpaired) electrons. The van der Waals surface area contributed by atoms with E-state index in [0.29, 0.717) is 5.16 Å². The van der Waals surface area contributed by atoms with E-state index in [0.717, 1.165) is 46.8 Å². The average Bonchev–Trinajstić information content (AvgIpc) is 3.14. The third-order valence-electron chi connectivity index (χ3n) is 5.20. The smallest absolute Gasteiger partial charge is 0.240 e. The van der Waals surface area contributed by atoms with E-state index < -0.39 is 5.25 Å². The van der Waals surface area contributed by atoms with Crippen LogP contribution < -0.4 is 15.5 Å². The molecule has 0 saturated carbocycles. The molecule has 2 heterocycles. The van der Waals surface area contributed by atoms with Crippen molar-refractivity contribution in [1.29, 1.82) is 0 Å². The lowest BCUT2D eigenvalue weighted by atomic mass is 10.0. The van der Waals surface area contributed by atoms with Crippen LogP contribution in [0.3, 0.4) is 0 Å². The number of nitrogens with one attached hydrogen (secondary N) is 2. The Kier molecular flexibility index (Phi) is 6.18. The lowest BCUT2D eigenvalue weighted by Crippen LogP contribution is -2.41. The predicted molar refractivity (Wildman–Crippen MR) is 123 cm³/mol. The summed E-state index contributed by atoms with van der Waals surface area (Å²) >= 11 is 1.44. The van der Waals surface area contributed by atoms with Gasteiger partial charge in [0.25, 0.3) is 0 Å². The highest BCUT2D eigenvalue weighted by Gasteiger charge is 2.37. The molecule has 0 unspecified atom stereocenters. The number of aromatic nitrogens is 3. The normalized spacial score (nSPS) is 17.5. The second-order valence-electron chi connectivity index (χ2n) is 7.77. The molecule has 0 spiro atoms. The standard InChI is InChI=1S/C23H27N5O2S/c1-5-6-19-25-26-23-28(19)27-20(16-7-9-18(30-4)10-8-16)21(31-23)22(29)24-17-12-14(2)11-15(3)13-17/h7-13,20-21,27H,5-6H2,1-4H3,(H,24,29)/t20-,21-/m1/s1. The lowest BCUT2D eigenvalue weighted by molar-refractivity contribution is -0.116. The van der Waals surface area contributed by atoms with Gasteiger partial charge in [0.1, 0.15) is 11.0 Å². The number of aryl methyl sites for hydroxylation is 3. The van der Waals surface area contributed by atoms with Crippen LogP contribution in [-0.2, 0) is 11.2 Å². The minimum absolute atomic E-state index is 0.0744. The number of thioether (sulfide) groups is 1. The highest BCUT2D eigenvalue weighted by molar-refractivity contribution is 8.00. The van der Waals surface area contributed by atoms with E-state index in [1.165, 1.54) is 11.8 Å². The van der Waals surface area contributed by atoms with Crippen LogP contribution in [0.4, 0.5) is 5.69 Å². The number of methoxy groups -OCH3 is 1. The Bertz CT molecular complexity index is 1060. The van der Waals surface area contributed by atoms with Crippen LogP contribution in [0.5, 0.6) is 5.75 Å². The molecule has 162 valence electrons. The number of hydrogen-bond acceptors (Lipinski definition) is 6. The van der Waals surface area contributed by atoms with Crippen molar-refractivity contribution < 1.29 is 9.53 Å². The summed E-state index contributed by atoms with van der Waals surface area (Å²) in [6, 6.07) is 13.6. The Morgan fingerprint density at radius 1 is 1.16 bits per heavy atom. The molecule has 1 aliphatic rings. The first-order valence-electron chi connectivity index (χ1n) is 10.4. The molecular weight excluding hydrogens is 410 g/mol. The van der Waals surface area contributed by atoms with E-state index in [1.54, 1.807) is 7.11 Å². The summed E-state index contributed by atoms with van der Waals surface area (Å²) in [6.45, 7) is 6.16. The van der Waals surface area contributed by atoms with Crippen molar-refractivity contribution in [2.24, 2.45) is 0 Å². The van der Waals surface area contributed by atoms with E-state index in [4.69, 9.17) is 4.74 Å². The third kappa shape index (κ3) is 4.54. The summed E-state index contributed by atoms with van der Waals surface area (Å²) in [5, 5.41) is 12.0. The summed E-state index contributed by atoms with van der Waals surface area (Å²) in [6.07, 6.45) is 1.78. The topological polar surface area (TPSA) is 81.1 Å². The first kappa shape index (κ1) is 21.2. The second kappa shape index (κ2) is 9.01. The van der Waals surface area contributed by atoms with E-state index in [2.05, 4.69) is 33.9 Å². The van der Waals surface area contributed by atoms with Crippen molar-refractivity contribution >= 4 is 23.4 Å². The first-order valence-corrected chi connectivity index (χ1v) is 11.3. The molecule has 2 N–H and O–H groups in total. The molecule has 0 bridgehead atoms. The van der Waals surface area contributed by atoms with Gasteiger partial charge in [-0.1, -0.05) is 36.9 Å². The predicted octanol–water partition coefficient (Wildman–Crippen LogP) is 4.25. The van der Waals surface area contributed by atoms with E-state index in [-0.39, 0.29) is 11.9 Å². The summed E-state index contributed by atoms with van der Waals surface area (Å²) in [5.41, 5.74) is 7.51. The molecule has 2 atom stereocenters. The molecular formula is C23H27N5O2S. The van der Waals surface area contributed by atoms with Crippen LogP contribution in [0.1, 0.15) is 41.9 Å². The van der Waals surface area contributed by atoms with Crippen LogP contribution in [0.15, 0.2) is 47.6 Å². The van der Waals surface area contributed by atoms with Gasteiger partial charge in [-0.05, 0) is 61.2 Å². The van der Waals surface area contributed by atoms with Gasteiger partial charge in [-0.2, -0.15) is 0 Å². The van der Waals surface area contributed by atoms with Gasteiger partial charge in [0.2, 0.25) is 11.1 Å². The van der Waals surface area contributed by atoms with Gasteiger partial charge in [-0.25, -0.2) is 4.68 Å². The van der Waals surface area contributed by atoms with E-state index in [9.17, 15) is 4.79 Å². The molecule has 1 amide bonds. The number of rotatable bonds is 6. The van der Waals surface area contributed by atoms with Crippen LogP contribution in [0, 0.1) is 13.8 Å². The van der Waals surface area contributed by atoms with Crippen molar-refractivity contribution in [2.75, 3.05) is 17.9 Å². The van der Waals surface area contributed by atoms with Gasteiger partial charge < -0.3 is 15.5 Å². The summed E-state index contributed by atoms with van der Waals surface area (Å²) in [5.74, 6) is 1.58. The monoisotopic (exact) mass is 437 g/mol. The van der Waals surface area contributed by atoms with Crippen molar-refractivity contribution in [3.63, 3.8) is 0 Å². The first-order chi connectivity index (χ1) is 15.0. The summed E-state index contributed by atoms with van der Waals surface area (Å²) in [7, 11) is 1.64. The zero-order valence-electron chi connectivity index (χ0n) is 18.2. The highest BCUT2D eigenvalue weighted by atomic mass is 32.2. The van der Waals surface area contributed by atoms with Crippen LogP contribution in [0.25, 0.3) is 0 Å². The molecule has 0 saturated heterocycles. The quantitative estimate of drug-likeness (QED) is 0.600. The summed E-state index contributed by atoms with van der Waals surface area (Å²) < 4.78 is 7.22. The number of carbonyl (C=O) groups is 1. The van der Waals surface area contributed by atoms with Crippen LogP contribution in [0.2, 0.25) is 0 Å². The average molecular weight is 438 g/mol. The van der Waals surface area contributed by atoms with E-state index in [1.807, 2.05) is 54.9 Å². The Morgan fingerprint density at radius 3 is 2.52 bits per heavy atom. The number of amides is 1. The highest BCUT2D eigenvalue weighted by Crippen LogP contribution is 2.38. The maximum atomic E-state index is 13.4. The lowest BCUT2D eigenvalue weighted by Gasteiger charge is -2.33. The molecule has 8 heteroatoms. The maximum absolute atomic E-state index is 13.4. The summed E-state index contributed by atoms with van der Waals surface area (Å²) in [4.78, 5) is 13.4. The number of anilines is 1. The fourth-order valence-electron chi connectivity index (χ4n) is 3.81. The largest absolute Gasteiger partial charge is 0.497 e. The molecule has 2 aromatic carbocycles. The van der Waals surface area contributed by atoms with Crippen molar-refractivity contribution in [3.05, 3.63) is 65.0 Å². The van der Waals surface area contributed by atoms with E-state index >= 15 is 0 Å². The van der Waals surface area contributed by atoms with Gasteiger partial charge in [0.05, 0.1) is 13.2 Å². The Hall–Kier alpha value is -3.00. The molecule has 4 rings (SSSR count). The number of fused-ring (bicyclic) bond motifs is 1. The van der Waals surface area contributed by atoms with Crippen molar-refractivity contribution in [1.82, 2.24) is 14.9 Å². The number of nitrogens with zero attached hydrogens (tertiary/aromatic N) is 3. The van der Waals surface area contributed by atoms with Gasteiger partial charge in [0.15, 0.2) is 5.82 Å². The Morgan fingerprint density at radius 2 is 1.87 bits per heavy atom. The molecule has 0 aliphatic carbocycles. The zero-order chi connectivity index (χ0) is 22.0. The fourth-order valence-corrected chi connectivity index (χ4v) is 4.90. The molecule has 31 heavy (non-hydrogen) atoms. The fraction of sp³-hybridized carbons (Fsp3) is 0.348. The van der Waals surface area contributed by atoms with Gasteiger partial charge >= 0.3 is 0 Å². The van der Waals surface area contributed by atoms with Gasteiger partial charge in [0, 0.05) is 12.1 Å². The number of benzene rings is 2. The maximum Gasteiger partial charge on any atom is 0.240 e. The number of ether oxygens (including phenoxy) is 1. The molecule has 1 aromatic heterocycles. The van der Waals surface area contributed by atoms with Crippen LogP contribution in [-0.4, -0.2) is 33.1 Å². The molecule has 1 aliphatic heterocycles. The minimum atomic E-state index is -0.416. The third-order valence-corrected chi connectivity index (χ3v) is 6.42. The van der Waals surface area contributed by atoms with Gasteiger partial charge in [-0.15, -0.1) is 10.2 Å². The van der Waals surface area contributed by atoms with Crippen LogP contribution >= 0.6 is 11.8 Å². The SMILES string of the molecule is CCCc1nnc2n1N[C@H](c1ccc(OC)cc1)[C@H](C(=O)Nc1cc(C)cc(C)c1)S2. The molecule has 3 aromatic rings.